The van der Waals surface area contributed by atoms with Gasteiger partial charge < -0.3 is 15.1 Å². The maximum absolute atomic E-state index is 12.3. The van der Waals surface area contributed by atoms with Crippen molar-refractivity contribution >= 4 is 11.9 Å². The molecule has 18 heavy (non-hydrogen) atoms. The van der Waals surface area contributed by atoms with E-state index in [1.807, 2.05) is 13.8 Å². The van der Waals surface area contributed by atoms with E-state index in [0.29, 0.717) is 13.1 Å². The summed E-state index contributed by atoms with van der Waals surface area (Å²) in [7, 11) is 0. The highest BCUT2D eigenvalue weighted by Gasteiger charge is 2.53. The summed E-state index contributed by atoms with van der Waals surface area (Å²) in [4.78, 5) is 25.2. The predicted octanol–water partition coefficient (Wildman–Crippen LogP) is 1.11. The summed E-state index contributed by atoms with van der Waals surface area (Å²) in [5.74, 6) is -1.26. The number of aliphatic carboxylic acids is 1. The van der Waals surface area contributed by atoms with Gasteiger partial charge in [0.1, 0.15) is 0 Å². The fraction of sp³-hybridized carbons (Fsp3) is 0.846. The lowest BCUT2D eigenvalue weighted by Crippen LogP contribution is -2.46. The first kappa shape index (κ1) is 15.0. The highest BCUT2D eigenvalue weighted by atomic mass is 16.4. The molecule has 0 aromatic rings. The van der Waals surface area contributed by atoms with Crippen LogP contribution in [0.2, 0.25) is 0 Å². The van der Waals surface area contributed by atoms with Crippen LogP contribution in [0.3, 0.4) is 0 Å². The number of amides is 1. The van der Waals surface area contributed by atoms with Crippen LogP contribution in [0.1, 0.15) is 40.5 Å². The molecule has 1 aliphatic heterocycles. The van der Waals surface area contributed by atoms with Crippen molar-refractivity contribution in [1.29, 1.82) is 0 Å². The normalized spacial score (nSPS) is 31.5. The van der Waals surface area contributed by atoms with E-state index in [-0.39, 0.29) is 24.7 Å². The van der Waals surface area contributed by atoms with Crippen molar-refractivity contribution in [2.45, 2.75) is 46.1 Å². The van der Waals surface area contributed by atoms with Gasteiger partial charge in [-0.05, 0) is 19.3 Å². The molecular formula is C13H23NO4. The third-order valence-corrected chi connectivity index (χ3v) is 4.38. The van der Waals surface area contributed by atoms with Crippen LogP contribution < -0.4 is 0 Å². The number of carbonyl (C=O) groups excluding carboxylic acids is 1. The van der Waals surface area contributed by atoms with Gasteiger partial charge in [0.2, 0.25) is 5.91 Å². The summed E-state index contributed by atoms with van der Waals surface area (Å²) < 4.78 is 0. The monoisotopic (exact) mass is 257 g/mol. The summed E-state index contributed by atoms with van der Waals surface area (Å²) >= 11 is 0. The van der Waals surface area contributed by atoms with E-state index in [2.05, 4.69) is 0 Å². The lowest BCUT2D eigenvalue weighted by atomic mass is 9.71. The van der Waals surface area contributed by atoms with E-state index in [4.69, 9.17) is 5.11 Å². The smallest absolute Gasteiger partial charge is 0.335 e. The lowest BCUT2D eigenvalue weighted by Gasteiger charge is -2.33. The van der Waals surface area contributed by atoms with Crippen LogP contribution in [0.5, 0.6) is 0 Å². The maximum Gasteiger partial charge on any atom is 0.335 e. The molecule has 0 aliphatic carbocycles. The zero-order valence-corrected chi connectivity index (χ0v) is 11.6. The standard InChI is InChI=1S/C13H23NO4/c1-5-13(18,11(16)17)8-12(4)9(3)7-14(6-2)10(12)15/h9,18H,5-8H2,1-4H3,(H,16,17)/t9?,12-,13-/m0/s1. The van der Waals surface area contributed by atoms with Crippen LogP contribution in [-0.4, -0.2) is 45.7 Å². The summed E-state index contributed by atoms with van der Waals surface area (Å²) in [6.07, 6.45) is 0.0758. The van der Waals surface area contributed by atoms with E-state index in [9.17, 15) is 14.7 Å². The Morgan fingerprint density at radius 3 is 2.44 bits per heavy atom. The Labute approximate surface area is 108 Å². The van der Waals surface area contributed by atoms with Gasteiger partial charge in [0.15, 0.2) is 5.60 Å². The van der Waals surface area contributed by atoms with Crippen LogP contribution in [0.25, 0.3) is 0 Å². The Morgan fingerprint density at radius 1 is 1.56 bits per heavy atom. The first-order valence-electron chi connectivity index (χ1n) is 6.46. The molecule has 1 unspecified atom stereocenters. The van der Waals surface area contributed by atoms with E-state index in [1.165, 1.54) is 0 Å². The minimum Gasteiger partial charge on any atom is -0.479 e. The predicted molar refractivity (Wildman–Crippen MR) is 67.0 cm³/mol. The minimum absolute atomic E-state index is 0.0255. The van der Waals surface area contributed by atoms with Gasteiger partial charge >= 0.3 is 5.97 Å². The van der Waals surface area contributed by atoms with Crippen molar-refractivity contribution in [2.24, 2.45) is 11.3 Å². The number of hydrogen-bond donors (Lipinski definition) is 2. The number of carbonyl (C=O) groups is 2. The van der Waals surface area contributed by atoms with Crippen molar-refractivity contribution < 1.29 is 19.8 Å². The Balaban J connectivity index is 3.01. The number of likely N-dealkylation sites (tertiary alicyclic amines) is 1. The molecule has 1 fully saturated rings. The number of nitrogens with zero attached hydrogens (tertiary/aromatic N) is 1. The fourth-order valence-electron chi connectivity index (χ4n) is 2.67. The van der Waals surface area contributed by atoms with Gasteiger partial charge in [0, 0.05) is 19.5 Å². The van der Waals surface area contributed by atoms with E-state index in [0.717, 1.165) is 0 Å². The second-order valence-electron chi connectivity index (χ2n) is 5.53. The summed E-state index contributed by atoms with van der Waals surface area (Å²) in [5, 5.41) is 19.3. The molecule has 0 radical (unpaired) electrons. The number of aliphatic hydroxyl groups is 1. The molecule has 2 N–H and O–H groups in total. The zero-order valence-electron chi connectivity index (χ0n) is 11.6. The van der Waals surface area contributed by atoms with Gasteiger partial charge in [0.05, 0.1) is 5.41 Å². The molecule has 0 aromatic carbocycles. The van der Waals surface area contributed by atoms with E-state index >= 15 is 0 Å². The molecule has 5 nitrogen and oxygen atoms in total. The number of carboxylic acid groups (broad SMARTS) is 1. The van der Waals surface area contributed by atoms with E-state index < -0.39 is 17.0 Å². The second kappa shape index (κ2) is 4.88. The topological polar surface area (TPSA) is 77.8 Å². The van der Waals surface area contributed by atoms with E-state index in [1.54, 1.807) is 18.7 Å². The molecule has 1 saturated heterocycles. The van der Waals surface area contributed by atoms with Crippen LogP contribution in [0.15, 0.2) is 0 Å². The molecule has 0 saturated carbocycles. The van der Waals surface area contributed by atoms with Crippen molar-refractivity contribution in [2.75, 3.05) is 13.1 Å². The summed E-state index contributed by atoms with van der Waals surface area (Å²) in [6, 6.07) is 0. The Bertz CT molecular complexity index is 357. The third kappa shape index (κ3) is 2.23. The molecule has 1 heterocycles. The molecule has 1 rings (SSSR count). The number of carboxylic acids is 1. The first-order chi connectivity index (χ1) is 8.21. The van der Waals surface area contributed by atoms with Gasteiger partial charge in [-0.3, -0.25) is 4.79 Å². The van der Waals surface area contributed by atoms with Crippen molar-refractivity contribution in [3.8, 4) is 0 Å². The van der Waals surface area contributed by atoms with Crippen LogP contribution >= 0.6 is 0 Å². The zero-order chi connectivity index (χ0) is 14.1. The van der Waals surface area contributed by atoms with Crippen LogP contribution in [0.4, 0.5) is 0 Å². The molecular weight excluding hydrogens is 234 g/mol. The Kier molecular flexibility index (Phi) is 4.05. The highest BCUT2D eigenvalue weighted by molar-refractivity contribution is 5.86. The third-order valence-electron chi connectivity index (χ3n) is 4.38. The molecule has 0 bridgehead atoms. The van der Waals surface area contributed by atoms with Crippen molar-refractivity contribution in [3.05, 3.63) is 0 Å². The molecule has 1 aliphatic rings. The molecule has 0 spiro atoms. The Hall–Kier alpha value is -1.10. The fourth-order valence-corrected chi connectivity index (χ4v) is 2.67. The minimum atomic E-state index is -1.82. The average Bonchev–Trinajstić information content (AvgIpc) is 2.53. The summed E-state index contributed by atoms with van der Waals surface area (Å²) in [6.45, 7) is 8.48. The lowest BCUT2D eigenvalue weighted by molar-refractivity contribution is -0.164. The van der Waals surface area contributed by atoms with Crippen LogP contribution in [-0.2, 0) is 9.59 Å². The summed E-state index contributed by atoms with van der Waals surface area (Å²) in [5.41, 5.74) is -2.61. The van der Waals surface area contributed by atoms with Gasteiger partial charge in [-0.15, -0.1) is 0 Å². The van der Waals surface area contributed by atoms with Gasteiger partial charge in [-0.25, -0.2) is 4.79 Å². The van der Waals surface area contributed by atoms with Gasteiger partial charge in [-0.2, -0.15) is 0 Å². The quantitative estimate of drug-likeness (QED) is 0.773. The number of hydrogen-bond acceptors (Lipinski definition) is 3. The van der Waals surface area contributed by atoms with Crippen LogP contribution in [0, 0.1) is 11.3 Å². The Morgan fingerprint density at radius 2 is 2.11 bits per heavy atom. The molecule has 1 amide bonds. The molecule has 3 atom stereocenters. The molecule has 5 heteroatoms. The van der Waals surface area contributed by atoms with Crippen molar-refractivity contribution in [1.82, 2.24) is 4.90 Å². The SMILES string of the molecule is CCN1CC(C)[C@](C)(C[C@@](O)(CC)C(=O)O)C1=O. The second-order valence-corrected chi connectivity index (χ2v) is 5.53. The van der Waals surface area contributed by atoms with Gasteiger partial charge in [0.25, 0.3) is 0 Å². The maximum atomic E-state index is 12.3. The first-order valence-corrected chi connectivity index (χ1v) is 6.46. The van der Waals surface area contributed by atoms with Crippen molar-refractivity contribution in [3.63, 3.8) is 0 Å². The average molecular weight is 257 g/mol. The number of rotatable bonds is 5. The molecule has 0 aromatic heterocycles. The largest absolute Gasteiger partial charge is 0.479 e. The van der Waals surface area contributed by atoms with Gasteiger partial charge in [-0.1, -0.05) is 20.8 Å². The highest BCUT2D eigenvalue weighted by Crippen LogP contribution is 2.43. The molecule has 104 valence electrons.